The smallest absolute Gasteiger partial charge is 0.315 e. The lowest BCUT2D eigenvalue weighted by molar-refractivity contribution is 0.230. The van der Waals surface area contributed by atoms with Gasteiger partial charge < -0.3 is 10.6 Å². The summed E-state index contributed by atoms with van der Waals surface area (Å²) in [6, 6.07) is 7.32. The SMILES string of the molecule is CCNC(=O)NC(C)(C)c1ccccc1Cl. The highest BCUT2D eigenvalue weighted by molar-refractivity contribution is 6.31. The third-order valence-corrected chi connectivity index (χ3v) is 2.64. The standard InChI is InChI=1S/C12H17ClN2O/c1-4-14-11(16)15-12(2,3)9-7-5-6-8-10(9)13/h5-8H,4H2,1-3H3,(H2,14,15,16). The number of urea groups is 1. The Morgan fingerprint density at radius 1 is 1.38 bits per heavy atom. The van der Waals surface area contributed by atoms with Crippen molar-refractivity contribution in [3.05, 3.63) is 34.9 Å². The van der Waals surface area contributed by atoms with Crippen molar-refractivity contribution in [2.45, 2.75) is 26.3 Å². The topological polar surface area (TPSA) is 41.1 Å². The Bertz CT molecular complexity index is 377. The van der Waals surface area contributed by atoms with Crippen LogP contribution in [0, 0.1) is 0 Å². The molecule has 0 aliphatic carbocycles. The molecule has 16 heavy (non-hydrogen) atoms. The maximum atomic E-state index is 11.5. The zero-order valence-corrected chi connectivity index (χ0v) is 10.6. The van der Waals surface area contributed by atoms with Gasteiger partial charge in [0.15, 0.2) is 0 Å². The van der Waals surface area contributed by atoms with Gasteiger partial charge in [0, 0.05) is 11.6 Å². The number of amides is 2. The van der Waals surface area contributed by atoms with Crippen molar-refractivity contribution >= 4 is 17.6 Å². The molecule has 0 fully saturated rings. The third kappa shape index (κ3) is 3.14. The Labute approximate surface area is 101 Å². The molecule has 1 rings (SSSR count). The first-order valence-electron chi connectivity index (χ1n) is 5.28. The Balaban J connectivity index is 2.85. The van der Waals surface area contributed by atoms with Gasteiger partial charge in [0.2, 0.25) is 0 Å². The number of hydrogen-bond donors (Lipinski definition) is 2. The van der Waals surface area contributed by atoms with E-state index in [-0.39, 0.29) is 6.03 Å². The van der Waals surface area contributed by atoms with Gasteiger partial charge in [-0.3, -0.25) is 0 Å². The average molecular weight is 241 g/mol. The molecule has 0 heterocycles. The van der Waals surface area contributed by atoms with Crippen LogP contribution < -0.4 is 10.6 Å². The highest BCUT2D eigenvalue weighted by atomic mass is 35.5. The molecule has 2 amide bonds. The predicted molar refractivity (Wildman–Crippen MR) is 66.7 cm³/mol. The minimum Gasteiger partial charge on any atom is -0.338 e. The van der Waals surface area contributed by atoms with Gasteiger partial charge >= 0.3 is 6.03 Å². The summed E-state index contributed by atoms with van der Waals surface area (Å²) >= 11 is 6.10. The third-order valence-electron chi connectivity index (χ3n) is 2.31. The molecule has 0 saturated heterocycles. The Hall–Kier alpha value is -1.22. The van der Waals surface area contributed by atoms with Crippen LogP contribution in [0.1, 0.15) is 26.3 Å². The fraction of sp³-hybridized carbons (Fsp3) is 0.417. The molecule has 0 atom stereocenters. The monoisotopic (exact) mass is 240 g/mol. The molecule has 0 aliphatic heterocycles. The maximum Gasteiger partial charge on any atom is 0.315 e. The Morgan fingerprint density at radius 3 is 2.56 bits per heavy atom. The van der Waals surface area contributed by atoms with Crippen LogP contribution in [0.15, 0.2) is 24.3 Å². The molecule has 0 radical (unpaired) electrons. The predicted octanol–water partition coefficient (Wildman–Crippen LogP) is 2.89. The number of carbonyl (C=O) groups excluding carboxylic acids is 1. The first kappa shape index (κ1) is 12.8. The van der Waals surface area contributed by atoms with Crippen molar-refractivity contribution in [2.75, 3.05) is 6.54 Å². The van der Waals surface area contributed by atoms with E-state index in [0.717, 1.165) is 5.56 Å². The van der Waals surface area contributed by atoms with Crippen LogP contribution in [-0.2, 0) is 5.54 Å². The van der Waals surface area contributed by atoms with E-state index in [9.17, 15) is 4.79 Å². The van der Waals surface area contributed by atoms with Crippen molar-refractivity contribution in [1.82, 2.24) is 10.6 Å². The fourth-order valence-corrected chi connectivity index (χ4v) is 1.90. The van der Waals surface area contributed by atoms with E-state index >= 15 is 0 Å². The highest BCUT2D eigenvalue weighted by Crippen LogP contribution is 2.27. The summed E-state index contributed by atoms with van der Waals surface area (Å²) in [5.41, 5.74) is 0.417. The van der Waals surface area contributed by atoms with Crippen LogP contribution >= 0.6 is 11.6 Å². The van der Waals surface area contributed by atoms with E-state index in [4.69, 9.17) is 11.6 Å². The van der Waals surface area contributed by atoms with Crippen molar-refractivity contribution in [3.63, 3.8) is 0 Å². The molecule has 4 heteroatoms. The summed E-state index contributed by atoms with van der Waals surface area (Å²) in [6.07, 6.45) is 0. The molecular weight excluding hydrogens is 224 g/mol. The van der Waals surface area contributed by atoms with E-state index in [0.29, 0.717) is 11.6 Å². The molecule has 1 aromatic rings. The van der Waals surface area contributed by atoms with Gasteiger partial charge in [0.05, 0.1) is 5.54 Å². The summed E-state index contributed by atoms with van der Waals surface area (Å²) in [5.74, 6) is 0. The van der Waals surface area contributed by atoms with Gasteiger partial charge in [-0.1, -0.05) is 29.8 Å². The molecular formula is C12H17ClN2O. The second kappa shape index (κ2) is 5.21. The molecule has 0 spiro atoms. The van der Waals surface area contributed by atoms with E-state index in [1.807, 2.05) is 45.0 Å². The first-order chi connectivity index (χ1) is 7.47. The fourth-order valence-electron chi connectivity index (χ4n) is 1.52. The van der Waals surface area contributed by atoms with Crippen LogP contribution in [0.4, 0.5) is 4.79 Å². The number of benzene rings is 1. The molecule has 0 saturated carbocycles. The van der Waals surface area contributed by atoms with E-state index in [1.54, 1.807) is 0 Å². The van der Waals surface area contributed by atoms with E-state index in [2.05, 4.69) is 10.6 Å². The summed E-state index contributed by atoms with van der Waals surface area (Å²) in [7, 11) is 0. The summed E-state index contributed by atoms with van der Waals surface area (Å²) in [4.78, 5) is 11.5. The lowest BCUT2D eigenvalue weighted by Crippen LogP contribution is -2.46. The number of carbonyl (C=O) groups is 1. The number of rotatable bonds is 3. The van der Waals surface area contributed by atoms with E-state index < -0.39 is 5.54 Å². The molecule has 1 aromatic carbocycles. The second-order valence-electron chi connectivity index (χ2n) is 4.09. The number of nitrogens with one attached hydrogen (secondary N) is 2. The molecule has 0 aromatic heterocycles. The van der Waals surface area contributed by atoms with E-state index in [1.165, 1.54) is 0 Å². The normalized spacial score (nSPS) is 11.0. The lowest BCUT2D eigenvalue weighted by Gasteiger charge is -2.27. The van der Waals surface area contributed by atoms with Crippen LogP contribution in [-0.4, -0.2) is 12.6 Å². The lowest BCUT2D eigenvalue weighted by atomic mass is 9.94. The largest absolute Gasteiger partial charge is 0.338 e. The van der Waals surface area contributed by atoms with Gasteiger partial charge in [0.25, 0.3) is 0 Å². The summed E-state index contributed by atoms with van der Waals surface area (Å²) in [6.45, 7) is 6.32. The number of hydrogen-bond acceptors (Lipinski definition) is 1. The van der Waals surface area contributed by atoms with Crippen molar-refractivity contribution in [2.24, 2.45) is 0 Å². The molecule has 0 unspecified atom stereocenters. The van der Waals surface area contributed by atoms with Gasteiger partial charge in [0.1, 0.15) is 0 Å². The quantitative estimate of drug-likeness (QED) is 0.838. The minimum absolute atomic E-state index is 0.188. The molecule has 0 aliphatic rings. The zero-order chi connectivity index (χ0) is 12.2. The van der Waals surface area contributed by atoms with Gasteiger partial charge in [-0.25, -0.2) is 4.79 Å². The molecule has 3 nitrogen and oxygen atoms in total. The molecule has 2 N–H and O–H groups in total. The minimum atomic E-state index is -0.488. The maximum absolute atomic E-state index is 11.5. The first-order valence-corrected chi connectivity index (χ1v) is 5.66. The van der Waals surface area contributed by atoms with Crippen LogP contribution in [0.25, 0.3) is 0 Å². The van der Waals surface area contributed by atoms with Crippen LogP contribution in [0.2, 0.25) is 5.02 Å². The van der Waals surface area contributed by atoms with Crippen molar-refractivity contribution < 1.29 is 4.79 Å². The second-order valence-corrected chi connectivity index (χ2v) is 4.50. The highest BCUT2D eigenvalue weighted by Gasteiger charge is 2.24. The van der Waals surface area contributed by atoms with Gasteiger partial charge in [-0.05, 0) is 32.4 Å². The zero-order valence-electron chi connectivity index (χ0n) is 9.80. The van der Waals surface area contributed by atoms with Gasteiger partial charge in [-0.15, -0.1) is 0 Å². The van der Waals surface area contributed by atoms with Crippen LogP contribution in [0.3, 0.4) is 0 Å². The van der Waals surface area contributed by atoms with Crippen molar-refractivity contribution in [3.8, 4) is 0 Å². The molecule has 0 bridgehead atoms. The Kier molecular flexibility index (Phi) is 4.19. The summed E-state index contributed by atoms with van der Waals surface area (Å²) in [5, 5.41) is 6.23. The van der Waals surface area contributed by atoms with Gasteiger partial charge in [-0.2, -0.15) is 0 Å². The van der Waals surface area contributed by atoms with Crippen LogP contribution in [0.5, 0.6) is 0 Å². The van der Waals surface area contributed by atoms with Crippen molar-refractivity contribution in [1.29, 1.82) is 0 Å². The summed E-state index contributed by atoms with van der Waals surface area (Å²) < 4.78 is 0. The molecule has 88 valence electrons. The number of halogens is 1. The Morgan fingerprint density at radius 2 is 2.00 bits per heavy atom. The average Bonchev–Trinajstić information content (AvgIpc) is 2.17.